The summed E-state index contributed by atoms with van der Waals surface area (Å²) in [5, 5.41) is 2.98. The third-order valence-electron chi connectivity index (χ3n) is 5.10. The van der Waals surface area contributed by atoms with Gasteiger partial charge in [0.25, 0.3) is 0 Å². The maximum atomic E-state index is 13.3. The second-order valence-electron chi connectivity index (χ2n) is 7.21. The first-order chi connectivity index (χ1) is 11.9. The van der Waals surface area contributed by atoms with Gasteiger partial charge in [0.2, 0.25) is 0 Å². The Morgan fingerprint density at radius 3 is 2.64 bits per heavy atom. The highest BCUT2D eigenvalue weighted by atomic mass is 19.1. The molecule has 0 spiro atoms. The van der Waals surface area contributed by atoms with Gasteiger partial charge in [-0.25, -0.2) is 9.18 Å². The number of urea groups is 1. The third-order valence-corrected chi connectivity index (χ3v) is 5.10. The zero-order valence-corrected chi connectivity index (χ0v) is 14.6. The van der Waals surface area contributed by atoms with Crippen molar-refractivity contribution in [3.8, 4) is 5.75 Å². The lowest BCUT2D eigenvalue weighted by Gasteiger charge is -2.35. The Bertz CT molecular complexity index is 846. The zero-order chi connectivity index (χ0) is 17.8. The average molecular weight is 340 g/mol. The Kier molecular flexibility index (Phi) is 3.49. The van der Waals surface area contributed by atoms with E-state index in [9.17, 15) is 9.18 Å². The van der Waals surface area contributed by atoms with Gasteiger partial charge in [-0.2, -0.15) is 0 Å². The fraction of sp³-hybridized carbons (Fsp3) is 0.350. The first-order valence-electron chi connectivity index (χ1n) is 8.58. The van der Waals surface area contributed by atoms with Gasteiger partial charge in [0.15, 0.2) is 0 Å². The van der Waals surface area contributed by atoms with Gasteiger partial charge in [0.05, 0.1) is 12.6 Å². The Balaban J connectivity index is 1.88. The molecule has 25 heavy (non-hydrogen) atoms. The number of ether oxygens (including phenoxy) is 1. The van der Waals surface area contributed by atoms with Crippen LogP contribution in [0.2, 0.25) is 0 Å². The van der Waals surface area contributed by atoms with Crippen LogP contribution in [0, 0.1) is 5.82 Å². The molecule has 0 fully saturated rings. The summed E-state index contributed by atoms with van der Waals surface area (Å²) >= 11 is 0. The molecule has 2 amide bonds. The van der Waals surface area contributed by atoms with Gasteiger partial charge in [-0.15, -0.1) is 0 Å². The highest BCUT2D eigenvalue weighted by Crippen LogP contribution is 2.56. The van der Waals surface area contributed by atoms with Crippen LogP contribution in [0.3, 0.4) is 0 Å². The molecule has 130 valence electrons. The highest BCUT2D eigenvalue weighted by Gasteiger charge is 2.47. The molecule has 2 aromatic rings. The van der Waals surface area contributed by atoms with Gasteiger partial charge >= 0.3 is 6.03 Å². The van der Waals surface area contributed by atoms with E-state index in [1.165, 1.54) is 12.1 Å². The summed E-state index contributed by atoms with van der Waals surface area (Å²) in [4.78, 5) is 14.5. The molecule has 0 saturated carbocycles. The number of nitrogens with one attached hydrogen (secondary N) is 1. The second-order valence-corrected chi connectivity index (χ2v) is 7.21. The molecule has 0 radical (unpaired) electrons. The average Bonchev–Trinajstić information content (AvgIpc) is 2.84. The van der Waals surface area contributed by atoms with Gasteiger partial charge in [0.1, 0.15) is 11.6 Å². The number of carbonyl (C=O) groups is 1. The summed E-state index contributed by atoms with van der Waals surface area (Å²) in [5.41, 5.74) is 3.69. The Hall–Kier alpha value is -2.56. The van der Waals surface area contributed by atoms with Crippen molar-refractivity contribution in [2.45, 2.75) is 38.6 Å². The number of hydrogen-bond donors (Lipinski definition) is 1. The topological polar surface area (TPSA) is 41.6 Å². The Morgan fingerprint density at radius 2 is 1.96 bits per heavy atom. The van der Waals surface area contributed by atoms with Crippen molar-refractivity contribution >= 4 is 17.4 Å². The molecule has 0 saturated heterocycles. The van der Waals surface area contributed by atoms with E-state index in [2.05, 4.69) is 19.2 Å². The smallest absolute Gasteiger partial charge is 0.326 e. The Labute approximate surface area is 146 Å². The standard InChI is InChI=1S/C20H21FN2O2/c1-4-25-16-10-9-14-17-15(11-20(2,3)18(16)17)23(19(24)22-14)13-7-5-12(21)6-8-13/h5-10,15H,4,11H2,1-3H3,(H,22,24)/t15-/m1/s1. The molecule has 1 aliphatic heterocycles. The van der Waals surface area contributed by atoms with Crippen LogP contribution in [0.5, 0.6) is 5.75 Å². The van der Waals surface area contributed by atoms with Crippen molar-refractivity contribution < 1.29 is 13.9 Å². The molecule has 2 aliphatic rings. The molecule has 0 bridgehead atoms. The number of amides is 2. The van der Waals surface area contributed by atoms with E-state index in [1.807, 2.05) is 19.1 Å². The summed E-state index contributed by atoms with van der Waals surface area (Å²) in [6.45, 7) is 6.92. The van der Waals surface area contributed by atoms with Crippen LogP contribution in [-0.2, 0) is 5.41 Å². The monoisotopic (exact) mass is 340 g/mol. The van der Waals surface area contributed by atoms with Crippen LogP contribution in [0.25, 0.3) is 0 Å². The molecule has 1 heterocycles. The van der Waals surface area contributed by atoms with Crippen LogP contribution in [0.15, 0.2) is 36.4 Å². The molecule has 4 rings (SSSR count). The predicted molar refractivity (Wildman–Crippen MR) is 95.9 cm³/mol. The third kappa shape index (κ3) is 2.37. The van der Waals surface area contributed by atoms with Gasteiger partial charge in [0, 0.05) is 22.5 Å². The molecule has 1 atom stereocenters. The molecular weight excluding hydrogens is 319 g/mol. The van der Waals surface area contributed by atoms with E-state index in [4.69, 9.17) is 4.74 Å². The number of anilines is 2. The minimum absolute atomic E-state index is 0.0837. The Morgan fingerprint density at radius 1 is 1.24 bits per heavy atom. The lowest BCUT2D eigenvalue weighted by Crippen LogP contribution is -2.41. The van der Waals surface area contributed by atoms with Gasteiger partial charge < -0.3 is 10.1 Å². The first-order valence-corrected chi connectivity index (χ1v) is 8.58. The maximum absolute atomic E-state index is 13.3. The highest BCUT2D eigenvalue weighted by molar-refractivity contribution is 6.06. The number of halogens is 1. The van der Waals surface area contributed by atoms with Gasteiger partial charge in [-0.1, -0.05) is 13.8 Å². The summed E-state index contributed by atoms with van der Waals surface area (Å²) < 4.78 is 19.2. The molecule has 1 N–H and O–H groups in total. The zero-order valence-electron chi connectivity index (χ0n) is 14.6. The van der Waals surface area contributed by atoms with E-state index >= 15 is 0 Å². The lowest BCUT2D eigenvalue weighted by atomic mass is 9.85. The molecular formula is C20H21FN2O2. The van der Waals surface area contributed by atoms with Crippen molar-refractivity contribution in [3.05, 3.63) is 53.3 Å². The summed E-state index contributed by atoms with van der Waals surface area (Å²) in [6.07, 6.45) is 0.796. The fourth-order valence-corrected chi connectivity index (χ4v) is 4.15. The second kappa shape index (κ2) is 5.48. The lowest BCUT2D eigenvalue weighted by molar-refractivity contribution is 0.253. The summed E-state index contributed by atoms with van der Waals surface area (Å²) in [6, 6.07) is 9.66. The fourth-order valence-electron chi connectivity index (χ4n) is 4.15. The minimum Gasteiger partial charge on any atom is -0.494 e. The summed E-state index contributed by atoms with van der Waals surface area (Å²) in [5.74, 6) is 0.566. The van der Waals surface area contributed by atoms with Gasteiger partial charge in [-0.05, 0) is 55.2 Å². The van der Waals surface area contributed by atoms with Crippen molar-refractivity contribution in [1.29, 1.82) is 0 Å². The van der Waals surface area contributed by atoms with Crippen LogP contribution >= 0.6 is 0 Å². The normalized spacial score (nSPS) is 20.2. The summed E-state index contributed by atoms with van der Waals surface area (Å²) in [7, 11) is 0. The molecule has 2 aromatic carbocycles. The number of benzene rings is 2. The van der Waals surface area contributed by atoms with Crippen molar-refractivity contribution in [1.82, 2.24) is 0 Å². The first kappa shape index (κ1) is 15.9. The number of hydrogen-bond acceptors (Lipinski definition) is 2. The van der Waals surface area contributed by atoms with Crippen LogP contribution in [-0.4, -0.2) is 12.6 Å². The number of carbonyl (C=O) groups excluding carboxylic acids is 1. The molecule has 5 heteroatoms. The molecule has 1 aliphatic carbocycles. The van der Waals surface area contributed by atoms with E-state index in [0.717, 1.165) is 29.0 Å². The van der Waals surface area contributed by atoms with Crippen molar-refractivity contribution in [2.75, 3.05) is 16.8 Å². The molecule has 0 unspecified atom stereocenters. The van der Waals surface area contributed by atoms with Crippen LogP contribution in [0.1, 0.15) is 44.4 Å². The van der Waals surface area contributed by atoms with Crippen molar-refractivity contribution in [2.24, 2.45) is 0 Å². The molecule has 0 aromatic heterocycles. The number of nitrogens with zero attached hydrogens (tertiary/aromatic N) is 1. The van der Waals surface area contributed by atoms with E-state index in [1.54, 1.807) is 17.0 Å². The van der Waals surface area contributed by atoms with Crippen molar-refractivity contribution in [3.63, 3.8) is 0 Å². The maximum Gasteiger partial charge on any atom is 0.326 e. The van der Waals surface area contributed by atoms with E-state index < -0.39 is 0 Å². The van der Waals surface area contributed by atoms with E-state index in [0.29, 0.717) is 12.3 Å². The SMILES string of the molecule is CCOc1ccc2c3c1C(C)(C)C[C@H]3N(c1ccc(F)cc1)C(=O)N2. The minimum atomic E-state index is -0.312. The number of rotatable bonds is 3. The predicted octanol–water partition coefficient (Wildman–Crippen LogP) is 5.00. The van der Waals surface area contributed by atoms with Gasteiger partial charge in [-0.3, -0.25) is 4.90 Å². The van der Waals surface area contributed by atoms with Crippen LogP contribution in [0.4, 0.5) is 20.6 Å². The largest absolute Gasteiger partial charge is 0.494 e. The van der Waals surface area contributed by atoms with E-state index in [-0.39, 0.29) is 23.3 Å². The molecule has 4 nitrogen and oxygen atoms in total. The van der Waals surface area contributed by atoms with Crippen LogP contribution < -0.4 is 15.0 Å². The quantitative estimate of drug-likeness (QED) is 0.854.